The van der Waals surface area contributed by atoms with E-state index in [2.05, 4.69) is 60.6 Å². The van der Waals surface area contributed by atoms with Crippen LogP contribution < -0.4 is 0 Å². The zero-order valence-corrected chi connectivity index (χ0v) is 14.2. The third kappa shape index (κ3) is 8.08. The van der Waals surface area contributed by atoms with Gasteiger partial charge in [-0.1, -0.05) is 96.7 Å². The number of unbranched alkanes of at least 4 members (excludes halogenated alkanes) is 2. The Morgan fingerprint density at radius 3 is 1.68 bits per heavy atom. The highest BCUT2D eigenvalue weighted by atomic mass is 14.4. The summed E-state index contributed by atoms with van der Waals surface area (Å²) in [6, 6.07) is 10.3. The standard InChI is InChI=1S/C12H26.C7H8/c1-7-8-9-10-12(5,6)11(2,3)4;1-7-5-3-2-4-6-7/h7-10H2,1-6H3;2-6H,1H3. The van der Waals surface area contributed by atoms with E-state index in [1.807, 2.05) is 18.2 Å². The summed E-state index contributed by atoms with van der Waals surface area (Å²) in [5, 5.41) is 0. The predicted octanol–water partition coefficient (Wildman–Crippen LogP) is 6.63. The molecule has 0 bridgehead atoms. The van der Waals surface area contributed by atoms with Gasteiger partial charge in [0, 0.05) is 0 Å². The number of hydrogen-bond acceptors (Lipinski definition) is 0. The zero-order valence-electron chi connectivity index (χ0n) is 14.2. The Bertz CT molecular complexity index is 314. The van der Waals surface area contributed by atoms with Crippen molar-refractivity contribution in [2.75, 3.05) is 0 Å². The highest BCUT2D eigenvalue weighted by Crippen LogP contribution is 2.41. The smallest absolute Gasteiger partial charge is 0.0306 e. The summed E-state index contributed by atoms with van der Waals surface area (Å²) in [6.07, 6.45) is 5.48. The van der Waals surface area contributed by atoms with Crippen molar-refractivity contribution < 1.29 is 0 Å². The zero-order chi connectivity index (χ0) is 14.9. The molecular weight excluding hydrogens is 228 g/mol. The average Bonchev–Trinajstić information content (AvgIpc) is 2.29. The van der Waals surface area contributed by atoms with Crippen molar-refractivity contribution in [3.8, 4) is 0 Å². The van der Waals surface area contributed by atoms with E-state index in [0.717, 1.165) is 0 Å². The minimum absolute atomic E-state index is 0.445. The van der Waals surface area contributed by atoms with Gasteiger partial charge < -0.3 is 0 Å². The van der Waals surface area contributed by atoms with Gasteiger partial charge in [0.05, 0.1) is 0 Å². The van der Waals surface area contributed by atoms with Gasteiger partial charge in [0.2, 0.25) is 0 Å². The van der Waals surface area contributed by atoms with E-state index in [4.69, 9.17) is 0 Å². The normalized spacial score (nSPS) is 11.7. The van der Waals surface area contributed by atoms with Crippen LogP contribution in [-0.2, 0) is 0 Å². The van der Waals surface area contributed by atoms with Crippen LogP contribution in [0.5, 0.6) is 0 Å². The van der Waals surface area contributed by atoms with Crippen LogP contribution in [0.15, 0.2) is 30.3 Å². The molecular formula is C19H34. The molecule has 0 amide bonds. The second kappa shape index (κ2) is 8.40. The Morgan fingerprint density at radius 1 is 0.842 bits per heavy atom. The minimum atomic E-state index is 0.445. The van der Waals surface area contributed by atoms with Gasteiger partial charge in [-0.2, -0.15) is 0 Å². The molecule has 110 valence electrons. The quantitative estimate of drug-likeness (QED) is 0.534. The first-order valence-corrected chi connectivity index (χ1v) is 7.72. The van der Waals surface area contributed by atoms with Gasteiger partial charge in [-0.05, 0) is 24.2 Å². The average molecular weight is 262 g/mol. The van der Waals surface area contributed by atoms with Gasteiger partial charge in [0.15, 0.2) is 0 Å². The summed E-state index contributed by atoms with van der Waals surface area (Å²) in [5.41, 5.74) is 2.26. The molecule has 0 fully saturated rings. The second-order valence-electron chi connectivity index (χ2n) is 7.25. The van der Waals surface area contributed by atoms with Crippen molar-refractivity contribution in [3.05, 3.63) is 35.9 Å². The van der Waals surface area contributed by atoms with E-state index >= 15 is 0 Å². The fourth-order valence-corrected chi connectivity index (χ4v) is 1.73. The monoisotopic (exact) mass is 262 g/mol. The van der Waals surface area contributed by atoms with Gasteiger partial charge in [-0.3, -0.25) is 0 Å². The molecule has 1 rings (SSSR count). The molecule has 0 radical (unpaired) electrons. The molecule has 1 aromatic rings. The molecule has 0 heteroatoms. The second-order valence-corrected chi connectivity index (χ2v) is 7.25. The number of benzene rings is 1. The fourth-order valence-electron chi connectivity index (χ4n) is 1.73. The Morgan fingerprint density at radius 2 is 1.37 bits per heavy atom. The first-order valence-electron chi connectivity index (χ1n) is 7.72. The summed E-state index contributed by atoms with van der Waals surface area (Å²) in [7, 11) is 0. The van der Waals surface area contributed by atoms with E-state index in [-0.39, 0.29) is 0 Å². The Labute approximate surface area is 121 Å². The number of hydrogen-bond donors (Lipinski definition) is 0. The molecule has 0 spiro atoms. The largest absolute Gasteiger partial charge is 0.0654 e. The minimum Gasteiger partial charge on any atom is -0.0654 e. The van der Waals surface area contributed by atoms with Crippen LogP contribution in [0.25, 0.3) is 0 Å². The summed E-state index contributed by atoms with van der Waals surface area (Å²) >= 11 is 0. The maximum absolute atomic E-state index is 2.39. The third-order valence-electron chi connectivity index (χ3n) is 4.38. The van der Waals surface area contributed by atoms with Crippen molar-refractivity contribution in [2.24, 2.45) is 10.8 Å². The van der Waals surface area contributed by atoms with Crippen molar-refractivity contribution in [1.82, 2.24) is 0 Å². The summed E-state index contributed by atoms with van der Waals surface area (Å²) in [5.74, 6) is 0. The SMILES string of the molecule is CCCCCC(C)(C)C(C)(C)C.Cc1ccccc1. The van der Waals surface area contributed by atoms with Crippen LogP contribution in [0.1, 0.15) is 72.8 Å². The maximum atomic E-state index is 2.39. The Hall–Kier alpha value is -0.780. The van der Waals surface area contributed by atoms with Crippen LogP contribution in [-0.4, -0.2) is 0 Å². The third-order valence-corrected chi connectivity index (χ3v) is 4.38. The molecule has 0 saturated heterocycles. The molecule has 0 atom stereocenters. The van der Waals surface area contributed by atoms with Crippen LogP contribution in [0.3, 0.4) is 0 Å². The molecule has 0 N–H and O–H groups in total. The Kier molecular flexibility index (Phi) is 8.06. The predicted molar refractivity (Wildman–Crippen MR) is 88.6 cm³/mol. The molecule has 0 aromatic heterocycles. The van der Waals surface area contributed by atoms with E-state index in [1.165, 1.54) is 31.2 Å². The lowest BCUT2D eigenvalue weighted by molar-refractivity contribution is 0.116. The maximum Gasteiger partial charge on any atom is -0.0306 e. The lowest BCUT2D eigenvalue weighted by atomic mass is 9.67. The van der Waals surface area contributed by atoms with E-state index in [0.29, 0.717) is 10.8 Å². The highest BCUT2D eigenvalue weighted by molar-refractivity contribution is 5.11. The van der Waals surface area contributed by atoms with Crippen LogP contribution in [0.2, 0.25) is 0 Å². The van der Waals surface area contributed by atoms with E-state index in [1.54, 1.807) is 0 Å². The van der Waals surface area contributed by atoms with Gasteiger partial charge in [-0.25, -0.2) is 0 Å². The Balaban J connectivity index is 0.000000388. The molecule has 1 aromatic carbocycles. The van der Waals surface area contributed by atoms with E-state index in [9.17, 15) is 0 Å². The summed E-state index contributed by atoms with van der Waals surface area (Å²) < 4.78 is 0. The van der Waals surface area contributed by atoms with Gasteiger partial charge in [0.25, 0.3) is 0 Å². The van der Waals surface area contributed by atoms with Crippen LogP contribution in [0.4, 0.5) is 0 Å². The van der Waals surface area contributed by atoms with Gasteiger partial charge in [0.1, 0.15) is 0 Å². The van der Waals surface area contributed by atoms with Crippen LogP contribution in [0, 0.1) is 17.8 Å². The van der Waals surface area contributed by atoms with Crippen molar-refractivity contribution >= 4 is 0 Å². The molecule has 0 heterocycles. The molecule has 19 heavy (non-hydrogen) atoms. The first kappa shape index (κ1) is 18.2. The lowest BCUT2D eigenvalue weighted by Gasteiger charge is -2.39. The molecule has 0 aliphatic heterocycles. The van der Waals surface area contributed by atoms with Gasteiger partial charge >= 0.3 is 0 Å². The summed E-state index contributed by atoms with van der Waals surface area (Å²) in [4.78, 5) is 0. The molecule has 0 saturated carbocycles. The molecule has 0 aliphatic rings. The fraction of sp³-hybridized carbons (Fsp3) is 0.684. The van der Waals surface area contributed by atoms with Gasteiger partial charge in [-0.15, -0.1) is 0 Å². The highest BCUT2D eigenvalue weighted by Gasteiger charge is 2.31. The first-order chi connectivity index (χ1) is 8.70. The van der Waals surface area contributed by atoms with Crippen molar-refractivity contribution in [1.29, 1.82) is 0 Å². The molecule has 0 nitrogen and oxygen atoms in total. The van der Waals surface area contributed by atoms with E-state index < -0.39 is 0 Å². The van der Waals surface area contributed by atoms with Crippen LogP contribution >= 0.6 is 0 Å². The molecule has 0 unspecified atom stereocenters. The number of aryl methyl sites for hydroxylation is 1. The topological polar surface area (TPSA) is 0 Å². The van der Waals surface area contributed by atoms with Crippen molar-refractivity contribution in [2.45, 2.75) is 74.1 Å². The molecule has 0 aliphatic carbocycles. The lowest BCUT2D eigenvalue weighted by Crippen LogP contribution is -2.29. The van der Waals surface area contributed by atoms with Crippen molar-refractivity contribution in [3.63, 3.8) is 0 Å². The number of rotatable bonds is 4. The summed E-state index contributed by atoms with van der Waals surface area (Å²) in [6.45, 7) is 16.2.